The number of halogens is 1. The van der Waals surface area contributed by atoms with Crippen LogP contribution in [0.3, 0.4) is 0 Å². The highest BCUT2D eigenvalue weighted by molar-refractivity contribution is 7.16. The first kappa shape index (κ1) is 19.0. The van der Waals surface area contributed by atoms with E-state index < -0.39 is 0 Å². The standard InChI is InChI=1S/C20H21ClN4O2S/c1-13-18(28-20(23-13)25-10-2-3-11-25)19(26)24-15-5-7-16(8-6-15)27-17-9-4-14(21)12-22-17/h2-4,9-12,15-16H,5-8H2,1H3,(H,24,26). The van der Waals surface area contributed by atoms with Crippen LogP contribution in [0.5, 0.6) is 5.88 Å². The van der Waals surface area contributed by atoms with Gasteiger partial charge in [0.05, 0.1) is 10.7 Å². The minimum absolute atomic E-state index is 0.0443. The molecule has 0 aromatic carbocycles. The van der Waals surface area contributed by atoms with Gasteiger partial charge in [-0.15, -0.1) is 0 Å². The Bertz CT molecular complexity index is 932. The molecule has 4 rings (SSSR count). The van der Waals surface area contributed by atoms with Gasteiger partial charge >= 0.3 is 0 Å². The zero-order valence-corrected chi connectivity index (χ0v) is 17.0. The van der Waals surface area contributed by atoms with Crippen molar-refractivity contribution in [1.29, 1.82) is 0 Å². The largest absolute Gasteiger partial charge is 0.474 e. The van der Waals surface area contributed by atoms with Gasteiger partial charge in [0.25, 0.3) is 5.91 Å². The van der Waals surface area contributed by atoms with Crippen molar-refractivity contribution in [2.24, 2.45) is 0 Å². The Morgan fingerprint density at radius 1 is 1.25 bits per heavy atom. The van der Waals surface area contributed by atoms with Gasteiger partial charge < -0.3 is 14.6 Å². The molecule has 146 valence electrons. The fourth-order valence-electron chi connectivity index (χ4n) is 3.34. The Morgan fingerprint density at radius 3 is 2.68 bits per heavy atom. The first-order valence-corrected chi connectivity index (χ1v) is 10.5. The zero-order valence-electron chi connectivity index (χ0n) is 15.5. The van der Waals surface area contributed by atoms with Crippen LogP contribution in [0.4, 0.5) is 0 Å². The number of aryl methyl sites for hydroxylation is 1. The molecule has 1 fully saturated rings. The van der Waals surface area contributed by atoms with Crippen molar-refractivity contribution >= 4 is 28.8 Å². The minimum atomic E-state index is -0.0443. The molecule has 3 aromatic heterocycles. The topological polar surface area (TPSA) is 69.0 Å². The number of thiazole rings is 1. The van der Waals surface area contributed by atoms with E-state index in [1.54, 1.807) is 18.3 Å². The second-order valence-corrected chi connectivity index (χ2v) is 8.29. The Balaban J connectivity index is 1.31. The molecule has 0 radical (unpaired) electrons. The van der Waals surface area contributed by atoms with Gasteiger partial charge in [-0.2, -0.15) is 0 Å². The normalized spacial score (nSPS) is 19.4. The molecule has 1 amide bonds. The van der Waals surface area contributed by atoms with Gasteiger partial charge in [-0.25, -0.2) is 9.97 Å². The third-order valence-corrected chi connectivity index (χ3v) is 6.21. The molecule has 1 N–H and O–H groups in total. The van der Waals surface area contributed by atoms with Crippen LogP contribution >= 0.6 is 22.9 Å². The van der Waals surface area contributed by atoms with Crippen molar-refractivity contribution in [3.8, 4) is 11.0 Å². The van der Waals surface area contributed by atoms with Crippen molar-refractivity contribution < 1.29 is 9.53 Å². The minimum Gasteiger partial charge on any atom is -0.474 e. The Morgan fingerprint density at radius 2 is 2.00 bits per heavy atom. The van der Waals surface area contributed by atoms with E-state index in [9.17, 15) is 4.79 Å². The van der Waals surface area contributed by atoms with Crippen LogP contribution in [0.25, 0.3) is 5.13 Å². The number of aromatic nitrogens is 3. The number of nitrogens with zero attached hydrogens (tertiary/aromatic N) is 3. The maximum atomic E-state index is 12.7. The van der Waals surface area contributed by atoms with E-state index in [2.05, 4.69) is 15.3 Å². The summed E-state index contributed by atoms with van der Waals surface area (Å²) in [5.74, 6) is 0.548. The highest BCUT2D eigenvalue weighted by Crippen LogP contribution is 2.25. The predicted octanol–water partition coefficient (Wildman–Crippen LogP) is 4.41. The molecule has 1 saturated carbocycles. The molecule has 28 heavy (non-hydrogen) atoms. The molecule has 8 heteroatoms. The summed E-state index contributed by atoms with van der Waals surface area (Å²) in [5, 5.41) is 4.56. The zero-order chi connectivity index (χ0) is 19.5. The van der Waals surface area contributed by atoms with E-state index in [0.29, 0.717) is 15.8 Å². The lowest BCUT2D eigenvalue weighted by Crippen LogP contribution is -2.39. The molecule has 0 aliphatic heterocycles. The van der Waals surface area contributed by atoms with Crippen LogP contribution in [-0.4, -0.2) is 32.6 Å². The third-order valence-electron chi connectivity index (χ3n) is 4.81. The van der Waals surface area contributed by atoms with E-state index in [1.165, 1.54) is 11.3 Å². The summed E-state index contributed by atoms with van der Waals surface area (Å²) < 4.78 is 7.84. The summed E-state index contributed by atoms with van der Waals surface area (Å²) in [6, 6.07) is 7.59. The monoisotopic (exact) mass is 416 g/mol. The third kappa shape index (κ3) is 4.36. The average Bonchev–Trinajstić information content (AvgIpc) is 3.35. The van der Waals surface area contributed by atoms with Crippen LogP contribution in [-0.2, 0) is 0 Å². The van der Waals surface area contributed by atoms with Crippen molar-refractivity contribution in [3.05, 3.63) is 58.4 Å². The number of nitrogens with one attached hydrogen (secondary N) is 1. The fourth-order valence-corrected chi connectivity index (χ4v) is 4.39. The molecule has 6 nitrogen and oxygen atoms in total. The molecule has 1 aliphatic carbocycles. The second kappa shape index (κ2) is 8.32. The Labute approximate surface area is 172 Å². The number of pyridine rings is 1. The van der Waals surface area contributed by atoms with Gasteiger partial charge in [-0.05, 0) is 50.8 Å². The number of rotatable bonds is 5. The Kier molecular flexibility index (Phi) is 5.64. The number of ether oxygens (including phenoxy) is 1. The van der Waals surface area contributed by atoms with Crippen molar-refractivity contribution in [1.82, 2.24) is 19.9 Å². The fraction of sp³-hybridized carbons (Fsp3) is 0.350. The summed E-state index contributed by atoms with van der Waals surface area (Å²) in [6.07, 6.45) is 9.08. The molecule has 0 spiro atoms. The average molecular weight is 417 g/mol. The summed E-state index contributed by atoms with van der Waals surface area (Å²) in [5.41, 5.74) is 0.761. The molecule has 0 unspecified atom stereocenters. The second-order valence-electron chi connectivity index (χ2n) is 6.88. The summed E-state index contributed by atoms with van der Waals surface area (Å²) >= 11 is 7.26. The molecular formula is C20H21ClN4O2S. The van der Waals surface area contributed by atoms with E-state index in [-0.39, 0.29) is 18.1 Å². The predicted molar refractivity (Wildman–Crippen MR) is 110 cm³/mol. The van der Waals surface area contributed by atoms with E-state index in [4.69, 9.17) is 16.3 Å². The van der Waals surface area contributed by atoms with E-state index >= 15 is 0 Å². The van der Waals surface area contributed by atoms with Crippen LogP contribution < -0.4 is 10.1 Å². The summed E-state index contributed by atoms with van der Waals surface area (Å²) in [6.45, 7) is 1.88. The lowest BCUT2D eigenvalue weighted by atomic mass is 9.93. The highest BCUT2D eigenvalue weighted by Gasteiger charge is 2.25. The van der Waals surface area contributed by atoms with Crippen LogP contribution in [0.2, 0.25) is 5.02 Å². The van der Waals surface area contributed by atoms with Crippen molar-refractivity contribution in [2.45, 2.75) is 44.8 Å². The van der Waals surface area contributed by atoms with E-state index in [1.807, 2.05) is 36.0 Å². The van der Waals surface area contributed by atoms with Gasteiger partial charge in [0, 0.05) is 30.7 Å². The number of hydrogen-bond acceptors (Lipinski definition) is 5. The Hall–Kier alpha value is -2.38. The van der Waals surface area contributed by atoms with Crippen molar-refractivity contribution in [3.63, 3.8) is 0 Å². The molecular weight excluding hydrogens is 396 g/mol. The molecule has 0 saturated heterocycles. The van der Waals surface area contributed by atoms with Crippen LogP contribution in [0.1, 0.15) is 41.0 Å². The van der Waals surface area contributed by atoms with E-state index in [0.717, 1.165) is 36.5 Å². The van der Waals surface area contributed by atoms with Gasteiger partial charge in [0.1, 0.15) is 11.0 Å². The van der Waals surface area contributed by atoms with Gasteiger partial charge in [-0.1, -0.05) is 22.9 Å². The first-order chi connectivity index (χ1) is 13.6. The van der Waals surface area contributed by atoms with Crippen molar-refractivity contribution in [2.75, 3.05) is 0 Å². The summed E-state index contributed by atoms with van der Waals surface area (Å²) in [7, 11) is 0. The molecule has 1 aliphatic rings. The SMILES string of the molecule is Cc1nc(-n2cccc2)sc1C(=O)NC1CCC(Oc2ccc(Cl)cn2)CC1. The molecule has 0 atom stereocenters. The van der Waals surface area contributed by atoms with Crippen LogP contribution in [0.15, 0.2) is 42.9 Å². The first-order valence-electron chi connectivity index (χ1n) is 9.28. The van der Waals surface area contributed by atoms with Gasteiger partial charge in [0.2, 0.25) is 5.88 Å². The molecule has 0 bridgehead atoms. The van der Waals surface area contributed by atoms with Crippen LogP contribution in [0, 0.1) is 6.92 Å². The van der Waals surface area contributed by atoms with Gasteiger partial charge in [-0.3, -0.25) is 4.79 Å². The highest BCUT2D eigenvalue weighted by atomic mass is 35.5. The maximum absolute atomic E-state index is 12.7. The summed E-state index contributed by atoms with van der Waals surface area (Å²) in [4.78, 5) is 22.1. The van der Waals surface area contributed by atoms with Gasteiger partial charge in [0.15, 0.2) is 5.13 Å². The smallest absolute Gasteiger partial charge is 0.263 e. The molecule has 3 aromatic rings. The maximum Gasteiger partial charge on any atom is 0.263 e. The quantitative estimate of drug-likeness (QED) is 0.668. The number of hydrogen-bond donors (Lipinski definition) is 1. The number of carbonyl (C=O) groups is 1. The number of amides is 1. The number of carbonyl (C=O) groups excluding carboxylic acids is 1. The lowest BCUT2D eigenvalue weighted by molar-refractivity contribution is 0.0893. The lowest BCUT2D eigenvalue weighted by Gasteiger charge is -2.29. The molecule has 3 heterocycles.